The fourth-order valence-electron chi connectivity index (χ4n) is 2.28. The maximum absolute atomic E-state index is 12.1. The highest BCUT2D eigenvalue weighted by Crippen LogP contribution is 2.14. The van der Waals surface area contributed by atoms with E-state index in [4.69, 9.17) is 4.74 Å². The highest BCUT2D eigenvalue weighted by Gasteiger charge is 2.20. The molecule has 7 nitrogen and oxygen atoms in total. The number of hydrogen-bond donors (Lipinski definition) is 2. The first-order valence-corrected chi connectivity index (χ1v) is 7.56. The van der Waals surface area contributed by atoms with Gasteiger partial charge in [-0.25, -0.2) is 4.79 Å². The highest BCUT2D eigenvalue weighted by atomic mass is 16.5. The average Bonchev–Trinajstić information content (AvgIpc) is 3.16. The Morgan fingerprint density at radius 1 is 1.04 bits per heavy atom. The zero-order valence-electron chi connectivity index (χ0n) is 12.9. The van der Waals surface area contributed by atoms with Crippen LogP contribution in [0.15, 0.2) is 60.7 Å². The van der Waals surface area contributed by atoms with E-state index >= 15 is 0 Å². The molecule has 0 aliphatic carbocycles. The largest absolute Gasteiger partial charge is 0.445 e. The fraction of sp³-hybridized carbons (Fsp3) is 0.176. The number of tetrazole rings is 1. The number of benzene rings is 2. The molecule has 2 N–H and O–H groups in total. The lowest BCUT2D eigenvalue weighted by Crippen LogP contribution is -2.31. The molecule has 0 bridgehead atoms. The maximum Gasteiger partial charge on any atom is 0.408 e. The molecule has 1 amide bonds. The number of hydrogen-bond acceptors (Lipinski definition) is 5. The Morgan fingerprint density at radius 3 is 2.33 bits per heavy atom. The zero-order chi connectivity index (χ0) is 16.6. The van der Waals surface area contributed by atoms with Crippen LogP contribution in [0.4, 0.5) is 4.79 Å². The second-order valence-corrected chi connectivity index (χ2v) is 5.22. The molecule has 3 rings (SSSR count). The van der Waals surface area contributed by atoms with Crippen LogP contribution in [-0.2, 0) is 17.8 Å². The van der Waals surface area contributed by atoms with Crippen LogP contribution < -0.4 is 5.32 Å². The first-order chi connectivity index (χ1) is 11.8. The first kappa shape index (κ1) is 15.7. The molecule has 0 spiro atoms. The average molecular weight is 323 g/mol. The SMILES string of the molecule is O=C(N[C@@H](Cc1ccccc1)c1nn[nH]n1)OCc1ccccc1. The van der Waals surface area contributed by atoms with E-state index in [-0.39, 0.29) is 6.61 Å². The van der Waals surface area contributed by atoms with Crippen molar-refractivity contribution in [2.24, 2.45) is 0 Å². The van der Waals surface area contributed by atoms with E-state index in [1.54, 1.807) is 0 Å². The van der Waals surface area contributed by atoms with Gasteiger partial charge in [-0.05, 0) is 11.1 Å². The normalized spacial score (nSPS) is 11.7. The quantitative estimate of drug-likeness (QED) is 0.726. The smallest absolute Gasteiger partial charge is 0.408 e. The summed E-state index contributed by atoms with van der Waals surface area (Å²) < 4.78 is 5.26. The number of nitrogens with zero attached hydrogens (tertiary/aromatic N) is 3. The number of carbonyl (C=O) groups excluding carboxylic acids is 1. The lowest BCUT2D eigenvalue weighted by atomic mass is 10.1. The number of aromatic amines is 1. The third-order valence-corrected chi connectivity index (χ3v) is 3.46. The number of H-pyrrole nitrogens is 1. The highest BCUT2D eigenvalue weighted by molar-refractivity contribution is 5.67. The lowest BCUT2D eigenvalue weighted by molar-refractivity contribution is 0.135. The Kier molecular flexibility index (Phi) is 5.14. The van der Waals surface area contributed by atoms with E-state index in [2.05, 4.69) is 25.9 Å². The van der Waals surface area contributed by atoms with Crippen molar-refractivity contribution in [1.82, 2.24) is 25.9 Å². The van der Waals surface area contributed by atoms with Gasteiger partial charge in [0.15, 0.2) is 5.82 Å². The molecule has 0 unspecified atom stereocenters. The summed E-state index contributed by atoms with van der Waals surface area (Å²) in [6.45, 7) is 0.205. The van der Waals surface area contributed by atoms with Gasteiger partial charge in [0.2, 0.25) is 0 Å². The van der Waals surface area contributed by atoms with Crippen LogP contribution in [0.25, 0.3) is 0 Å². The Labute approximate surface area is 139 Å². The third-order valence-electron chi connectivity index (χ3n) is 3.46. The van der Waals surface area contributed by atoms with Crippen LogP contribution in [-0.4, -0.2) is 26.7 Å². The first-order valence-electron chi connectivity index (χ1n) is 7.56. The molecule has 7 heteroatoms. The Bertz CT molecular complexity index is 747. The van der Waals surface area contributed by atoms with Gasteiger partial charge in [0.1, 0.15) is 12.6 Å². The molecule has 2 aromatic carbocycles. The molecular weight excluding hydrogens is 306 g/mol. The fourth-order valence-corrected chi connectivity index (χ4v) is 2.28. The van der Waals surface area contributed by atoms with Gasteiger partial charge in [-0.1, -0.05) is 65.9 Å². The van der Waals surface area contributed by atoms with Gasteiger partial charge in [-0.15, -0.1) is 10.2 Å². The number of rotatable bonds is 6. The lowest BCUT2D eigenvalue weighted by Gasteiger charge is -2.15. The Balaban J connectivity index is 1.62. The van der Waals surface area contributed by atoms with Gasteiger partial charge in [-0.2, -0.15) is 5.21 Å². The number of amides is 1. The van der Waals surface area contributed by atoms with Crippen molar-refractivity contribution in [1.29, 1.82) is 0 Å². The summed E-state index contributed by atoms with van der Waals surface area (Å²) in [5.74, 6) is 0.413. The molecule has 0 aliphatic heterocycles. The second kappa shape index (κ2) is 7.87. The maximum atomic E-state index is 12.1. The summed E-state index contributed by atoms with van der Waals surface area (Å²) in [5, 5.41) is 16.7. The second-order valence-electron chi connectivity index (χ2n) is 5.22. The topological polar surface area (TPSA) is 92.8 Å². The molecule has 1 atom stereocenters. The van der Waals surface area contributed by atoms with Crippen LogP contribution in [0.2, 0.25) is 0 Å². The molecular formula is C17H17N5O2. The predicted molar refractivity (Wildman–Crippen MR) is 86.8 cm³/mol. The van der Waals surface area contributed by atoms with Gasteiger partial charge in [-0.3, -0.25) is 0 Å². The molecule has 3 aromatic rings. The third kappa shape index (κ3) is 4.39. The van der Waals surface area contributed by atoms with E-state index < -0.39 is 12.1 Å². The minimum Gasteiger partial charge on any atom is -0.445 e. The molecule has 0 radical (unpaired) electrons. The molecule has 0 aliphatic rings. The van der Waals surface area contributed by atoms with Crippen molar-refractivity contribution in [2.75, 3.05) is 0 Å². The van der Waals surface area contributed by atoms with Gasteiger partial charge < -0.3 is 10.1 Å². The number of nitrogens with one attached hydrogen (secondary N) is 2. The minimum atomic E-state index is -0.524. The summed E-state index contributed by atoms with van der Waals surface area (Å²) in [6.07, 6.45) is 0.0189. The number of carbonyl (C=O) groups is 1. The van der Waals surface area contributed by atoms with Crippen LogP contribution in [0.5, 0.6) is 0 Å². The van der Waals surface area contributed by atoms with E-state index in [0.717, 1.165) is 11.1 Å². The van der Waals surface area contributed by atoms with Gasteiger partial charge in [0.25, 0.3) is 0 Å². The van der Waals surface area contributed by atoms with Crippen molar-refractivity contribution in [3.8, 4) is 0 Å². The number of alkyl carbamates (subject to hydrolysis) is 1. The van der Waals surface area contributed by atoms with Gasteiger partial charge >= 0.3 is 6.09 Å². The number of aromatic nitrogens is 4. The summed E-state index contributed by atoms with van der Waals surface area (Å²) >= 11 is 0. The minimum absolute atomic E-state index is 0.205. The predicted octanol–water partition coefficient (Wildman–Crippen LogP) is 2.41. The van der Waals surface area contributed by atoms with Crippen LogP contribution in [0.1, 0.15) is 23.0 Å². The van der Waals surface area contributed by atoms with Crippen molar-refractivity contribution in [3.63, 3.8) is 0 Å². The summed E-state index contributed by atoms with van der Waals surface area (Å²) in [6, 6.07) is 18.9. The molecule has 1 aromatic heterocycles. The van der Waals surface area contributed by atoms with E-state index in [1.807, 2.05) is 60.7 Å². The summed E-state index contributed by atoms with van der Waals surface area (Å²) in [5.41, 5.74) is 1.97. The van der Waals surface area contributed by atoms with Crippen molar-refractivity contribution in [2.45, 2.75) is 19.1 Å². The summed E-state index contributed by atoms with van der Waals surface area (Å²) in [4.78, 5) is 12.1. The number of ether oxygens (including phenoxy) is 1. The van der Waals surface area contributed by atoms with E-state index in [9.17, 15) is 4.79 Å². The van der Waals surface area contributed by atoms with Gasteiger partial charge in [0, 0.05) is 6.42 Å². The molecule has 0 saturated carbocycles. The monoisotopic (exact) mass is 323 g/mol. The van der Waals surface area contributed by atoms with Crippen molar-refractivity contribution >= 4 is 6.09 Å². The Hall–Kier alpha value is -3.22. The molecule has 24 heavy (non-hydrogen) atoms. The van der Waals surface area contributed by atoms with Gasteiger partial charge in [0.05, 0.1) is 0 Å². The molecule has 0 saturated heterocycles. The Morgan fingerprint density at radius 2 is 1.71 bits per heavy atom. The summed E-state index contributed by atoms with van der Waals surface area (Å²) in [7, 11) is 0. The van der Waals surface area contributed by atoms with Crippen molar-refractivity contribution in [3.05, 3.63) is 77.6 Å². The van der Waals surface area contributed by atoms with Crippen LogP contribution in [0, 0.1) is 0 Å². The molecule has 1 heterocycles. The zero-order valence-corrected chi connectivity index (χ0v) is 12.9. The molecule has 122 valence electrons. The van der Waals surface area contributed by atoms with Crippen LogP contribution in [0.3, 0.4) is 0 Å². The van der Waals surface area contributed by atoms with E-state index in [1.165, 1.54) is 0 Å². The van der Waals surface area contributed by atoms with Crippen molar-refractivity contribution < 1.29 is 9.53 Å². The van der Waals surface area contributed by atoms with E-state index in [0.29, 0.717) is 12.2 Å². The van der Waals surface area contributed by atoms with Crippen LogP contribution >= 0.6 is 0 Å². The standard InChI is InChI=1S/C17H17N5O2/c23-17(24-12-14-9-5-2-6-10-14)18-15(16-19-21-22-20-16)11-13-7-3-1-4-8-13/h1-10,15H,11-12H2,(H,18,23)(H,19,20,21,22)/t15-/m0/s1. The molecule has 0 fully saturated rings.